The summed E-state index contributed by atoms with van der Waals surface area (Å²) in [7, 11) is 0. The number of piperidine rings is 1. The van der Waals surface area contributed by atoms with Crippen LogP contribution in [-0.4, -0.2) is 58.8 Å². The lowest BCUT2D eigenvalue weighted by Crippen LogP contribution is -2.50. The SMILES string of the molecule is CC(NC(=O)c1cc(C2CC2)on1)C1CCN(C(=O)[C@@H](N)CO)CC1. The molecule has 2 atom stereocenters. The highest BCUT2D eigenvalue weighted by molar-refractivity contribution is 5.92. The maximum absolute atomic E-state index is 12.3. The Hall–Kier alpha value is -1.93. The molecule has 1 unspecified atom stereocenters. The molecular formula is C17H26N4O4. The first-order valence-corrected chi connectivity index (χ1v) is 8.92. The second kappa shape index (κ2) is 7.53. The number of nitrogens with one attached hydrogen (secondary N) is 1. The number of aliphatic hydroxyl groups is 1. The Morgan fingerprint density at radius 2 is 2.08 bits per heavy atom. The number of hydrogen-bond donors (Lipinski definition) is 3. The molecule has 0 bridgehead atoms. The molecule has 8 nitrogen and oxygen atoms in total. The van der Waals surface area contributed by atoms with Crippen LogP contribution in [0.1, 0.15) is 54.8 Å². The first kappa shape index (κ1) is 17.9. The van der Waals surface area contributed by atoms with E-state index in [9.17, 15) is 9.59 Å². The normalized spacial score (nSPS) is 21.0. The first-order chi connectivity index (χ1) is 12.0. The quantitative estimate of drug-likeness (QED) is 0.675. The molecule has 3 rings (SSSR count). The third-order valence-electron chi connectivity index (χ3n) is 5.17. The minimum atomic E-state index is -0.846. The Kier molecular flexibility index (Phi) is 5.39. The average Bonchev–Trinajstić information content (AvgIpc) is 3.37. The third kappa shape index (κ3) is 4.19. The predicted molar refractivity (Wildman–Crippen MR) is 89.8 cm³/mol. The molecule has 8 heteroatoms. The molecule has 1 saturated carbocycles. The van der Waals surface area contributed by atoms with Crippen molar-refractivity contribution in [3.05, 3.63) is 17.5 Å². The Morgan fingerprint density at radius 3 is 2.68 bits per heavy atom. The van der Waals surface area contributed by atoms with Gasteiger partial charge in [-0.3, -0.25) is 9.59 Å². The van der Waals surface area contributed by atoms with Crippen molar-refractivity contribution in [2.45, 2.75) is 50.6 Å². The molecule has 1 aliphatic carbocycles. The van der Waals surface area contributed by atoms with E-state index in [0.717, 1.165) is 31.4 Å². The number of aromatic nitrogens is 1. The van der Waals surface area contributed by atoms with Crippen LogP contribution >= 0.6 is 0 Å². The summed E-state index contributed by atoms with van der Waals surface area (Å²) in [6.45, 7) is 2.81. The van der Waals surface area contributed by atoms with Gasteiger partial charge in [-0.05, 0) is 38.5 Å². The van der Waals surface area contributed by atoms with Crippen molar-refractivity contribution in [2.75, 3.05) is 19.7 Å². The molecule has 1 saturated heterocycles. The molecule has 0 spiro atoms. The van der Waals surface area contributed by atoms with Gasteiger partial charge >= 0.3 is 0 Å². The average molecular weight is 350 g/mol. The Bertz CT molecular complexity index is 620. The summed E-state index contributed by atoms with van der Waals surface area (Å²) < 4.78 is 5.22. The topological polar surface area (TPSA) is 122 Å². The zero-order valence-electron chi connectivity index (χ0n) is 14.5. The van der Waals surface area contributed by atoms with Crippen molar-refractivity contribution >= 4 is 11.8 Å². The zero-order valence-corrected chi connectivity index (χ0v) is 14.5. The second-order valence-corrected chi connectivity index (χ2v) is 7.10. The second-order valence-electron chi connectivity index (χ2n) is 7.10. The molecule has 2 fully saturated rings. The van der Waals surface area contributed by atoms with E-state index in [1.165, 1.54) is 0 Å². The van der Waals surface area contributed by atoms with Crippen LogP contribution in [0.15, 0.2) is 10.6 Å². The van der Waals surface area contributed by atoms with Crippen molar-refractivity contribution in [3.8, 4) is 0 Å². The van der Waals surface area contributed by atoms with Gasteiger partial charge in [-0.15, -0.1) is 0 Å². The van der Waals surface area contributed by atoms with Gasteiger partial charge in [0.25, 0.3) is 5.91 Å². The number of carbonyl (C=O) groups is 2. The van der Waals surface area contributed by atoms with Crippen molar-refractivity contribution in [1.82, 2.24) is 15.4 Å². The van der Waals surface area contributed by atoms with Crippen LogP contribution < -0.4 is 11.1 Å². The Balaban J connectivity index is 1.47. The van der Waals surface area contributed by atoms with E-state index in [2.05, 4.69) is 10.5 Å². The van der Waals surface area contributed by atoms with Gasteiger partial charge in [0.05, 0.1) is 6.61 Å². The van der Waals surface area contributed by atoms with Crippen LogP contribution in [0.25, 0.3) is 0 Å². The van der Waals surface area contributed by atoms with Crippen molar-refractivity contribution in [1.29, 1.82) is 0 Å². The van der Waals surface area contributed by atoms with Gasteiger partial charge in [0.1, 0.15) is 11.8 Å². The maximum Gasteiger partial charge on any atom is 0.273 e. The highest BCUT2D eigenvalue weighted by Gasteiger charge is 2.31. The monoisotopic (exact) mass is 350 g/mol. The van der Waals surface area contributed by atoms with Crippen LogP contribution in [0.4, 0.5) is 0 Å². The maximum atomic E-state index is 12.3. The van der Waals surface area contributed by atoms with E-state index in [0.29, 0.717) is 24.7 Å². The lowest BCUT2D eigenvalue weighted by Gasteiger charge is -2.35. The minimum Gasteiger partial charge on any atom is -0.394 e. The summed E-state index contributed by atoms with van der Waals surface area (Å²) in [6, 6.07) is 0.871. The van der Waals surface area contributed by atoms with E-state index in [1.807, 2.05) is 6.92 Å². The van der Waals surface area contributed by atoms with Crippen LogP contribution in [0, 0.1) is 5.92 Å². The summed E-state index contributed by atoms with van der Waals surface area (Å²) in [5, 5.41) is 15.8. The number of likely N-dealkylation sites (tertiary alicyclic amines) is 1. The minimum absolute atomic E-state index is 0.0163. The summed E-state index contributed by atoms with van der Waals surface area (Å²) in [6.07, 6.45) is 3.78. The molecule has 1 aromatic rings. The van der Waals surface area contributed by atoms with Gasteiger partial charge in [0.2, 0.25) is 5.91 Å². The van der Waals surface area contributed by atoms with E-state index in [-0.39, 0.29) is 30.4 Å². The van der Waals surface area contributed by atoms with E-state index in [4.69, 9.17) is 15.4 Å². The molecule has 2 amide bonds. The molecule has 25 heavy (non-hydrogen) atoms. The standard InChI is InChI=1S/C17H26N4O4/c1-10(11-4-6-21(7-5-11)17(24)13(18)9-22)19-16(23)14-8-15(25-20-14)12-2-3-12/h8,10-13,22H,2-7,9,18H2,1H3,(H,19,23)/t10?,13-/m0/s1. The number of hydrogen-bond acceptors (Lipinski definition) is 6. The van der Waals surface area contributed by atoms with E-state index in [1.54, 1.807) is 11.0 Å². The van der Waals surface area contributed by atoms with Crippen molar-refractivity contribution in [2.24, 2.45) is 11.7 Å². The Labute approximate surface area is 146 Å². The predicted octanol–water partition coefficient (Wildman–Crippen LogP) is 0.229. The van der Waals surface area contributed by atoms with Gasteiger partial charge in [-0.25, -0.2) is 0 Å². The van der Waals surface area contributed by atoms with E-state index < -0.39 is 6.04 Å². The first-order valence-electron chi connectivity index (χ1n) is 8.92. The number of rotatable bonds is 6. The largest absolute Gasteiger partial charge is 0.394 e. The molecule has 0 radical (unpaired) electrons. The van der Waals surface area contributed by atoms with Crippen LogP contribution in [0.5, 0.6) is 0 Å². The molecule has 2 heterocycles. The summed E-state index contributed by atoms with van der Waals surface area (Å²) in [5.41, 5.74) is 5.91. The number of aliphatic hydroxyl groups excluding tert-OH is 1. The molecule has 4 N–H and O–H groups in total. The van der Waals surface area contributed by atoms with E-state index >= 15 is 0 Å². The molecule has 1 aromatic heterocycles. The molecular weight excluding hydrogens is 324 g/mol. The number of carbonyl (C=O) groups excluding carboxylic acids is 2. The third-order valence-corrected chi connectivity index (χ3v) is 5.17. The van der Waals surface area contributed by atoms with Crippen LogP contribution in [-0.2, 0) is 4.79 Å². The fourth-order valence-electron chi connectivity index (χ4n) is 3.29. The fraction of sp³-hybridized carbons (Fsp3) is 0.706. The highest BCUT2D eigenvalue weighted by Crippen LogP contribution is 2.40. The van der Waals surface area contributed by atoms with Gasteiger partial charge in [0, 0.05) is 31.1 Å². The van der Waals surface area contributed by atoms with Gasteiger partial charge in [0.15, 0.2) is 5.69 Å². The zero-order chi connectivity index (χ0) is 18.0. The van der Waals surface area contributed by atoms with Gasteiger partial charge < -0.3 is 25.6 Å². The molecule has 2 aliphatic rings. The van der Waals surface area contributed by atoms with Gasteiger partial charge in [-0.2, -0.15) is 0 Å². The molecule has 138 valence electrons. The Morgan fingerprint density at radius 1 is 1.40 bits per heavy atom. The number of nitrogens with two attached hydrogens (primary N) is 1. The smallest absolute Gasteiger partial charge is 0.273 e. The number of nitrogens with zero attached hydrogens (tertiary/aromatic N) is 2. The summed E-state index contributed by atoms with van der Waals surface area (Å²) in [5.74, 6) is 1.08. The summed E-state index contributed by atoms with van der Waals surface area (Å²) >= 11 is 0. The number of amides is 2. The summed E-state index contributed by atoms with van der Waals surface area (Å²) in [4.78, 5) is 26.0. The van der Waals surface area contributed by atoms with Crippen LogP contribution in [0.2, 0.25) is 0 Å². The fourth-order valence-corrected chi connectivity index (χ4v) is 3.29. The lowest BCUT2D eigenvalue weighted by molar-refractivity contribution is -0.135. The lowest BCUT2D eigenvalue weighted by atomic mass is 9.90. The highest BCUT2D eigenvalue weighted by atomic mass is 16.5. The van der Waals surface area contributed by atoms with Crippen molar-refractivity contribution in [3.63, 3.8) is 0 Å². The van der Waals surface area contributed by atoms with Crippen LogP contribution in [0.3, 0.4) is 0 Å². The van der Waals surface area contributed by atoms with Crippen molar-refractivity contribution < 1.29 is 19.2 Å². The molecule has 1 aliphatic heterocycles. The molecule has 0 aromatic carbocycles. The van der Waals surface area contributed by atoms with Gasteiger partial charge in [-0.1, -0.05) is 5.16 Å².